The summed E-state index contributed by atoms with van der Waals surface area (Å²) in [7, 11) is 0. The first-order chi connectivity index (χ1) is 13.6. The van der Waals surface area contributed by atoms with Gasteiger partial charge >= 0.3 is 0 Å². The number of rotatable bonds is 5. The number of H-pyrrole nitrogens is 1. The van der Waals surface area contributed by atoms with Gasteiger partial charge in [0.05, 0.1) is 21.7 Å². The quantitative estimate of drug-likeness (QED) is 0.691. The van der Waals surface area contributed by atoms with E-state index in [4.69, 9.17) is 0 Å². The van der Waals surface area contributed by atoms with E-state index in [-0.39, 0.29) is 17.5 Å². The lowest BCUT2D eigenvalue weighted by molar-refractivity contribution is 0.0914. The Morgan fingerprint density at radius 3 is 2.75 bits per heavy atom. The number of nitrogens with one attached hydrogen (secondary N) is 2. The van der Waals surface area contributed by atoms with E-state index in [9.17, 15) is 9.59 Å². The summed E-state index contributed by atoms with van der Waals surface area (Å²) in [6.07, 6.45) is 3.90. The van der Waals surface area contributed by atoms with Gasteiger partial charge in [-0.2, -0.15) is 0 Å². The smallest absolute Gasteiger partial charge is 0.256 e. The number of piperidine rings is 1. The third-order valence-electron chi connectivity index (χ3n) is 5.65. The SMILES string of the molecule is CC1CCN(C(CNC(=O)c2c[nH]c(=O)c3ccsc23)c2ccccc2)CC1. The van der Waals surface area contributed by atoms with Crippen LogP contribution in [-0.2, 0) is 0 Å². The number of amides is 1. The lowest BCUT2D eigenvalue weighted by atomic mass is 9.95. The number of aromatic nitrogens is 1. The third kappa shape index (κ3) is 3.88. The fraction of sp³-hybridized carbons (Fsp3) is 0.364. The van der Waals surface area contributed by atoms with Crippen molar-refractivity contribution >= 4 is 27.3 Å². The molecule has 4 rings (SSSR count). The van der Waals surface area contributed by atoms with Crippen LogP contribution in [0, 0.1) is 5.92 Å². The summed E-state index contributed by atoms with van der Waals surface area (Å²) >= 11 is 1.42. The van der Waals surface area contributed by atoms with E-state index in [1.165, 1.54) is 35.9 Å². The zero-order chi connectivity index (χ0) is 19.5. The zero-order valence-corrected chi connectivity index (χ0v) is 16.8. The summed E-state index contributed by atoms with van der Waals surface area (Å²) in [5, 5.41) is 5.53. The van der Waals surface area contributed by atoms with Crippen molar-refractivity contribution in [3.63, 3.8) is 0 Å². The highest BCUT2D eigenvalue weighted by Gasteiger charge is 2.25. The van der Waals surface area contributed by atoms with Gasteiger partial charge in [-0.25, -0.2) is 0 Å². The Kier molecular flexibility index (Phi) is 5.59. The van der Waals surface area contributed by atoms with Crippen LogP contribution in [0.4, 0.5) is 0 Å². The third-order valence-corrected chi connectivity index (χ3v) is 6.59. The number of hydrogen-bond donors (Lipinski definition) is 2. The van der Waals surface area contributed by atoms with Gasteiger partial charge in [0.2, 0.25) is 0 Å². The number of likely N-dealkylation sites (tertiary alicyclic amines) is 1. The van der Waals surface area contributed by atoms with Crippen molar-refractivity contribution in [3.05, 3.63) is 69.5 Å². The first kappa shape index (κ1) is 18.9. The number of nitrogens with zero attached hydrogens (tertiary/aromatic N) is 1. The molecule has 1 aromatic carbocycles. The van der Waals surface area contributed by atoms with Gasteiger partial charge in [0.25, 0.3) is 11.5 Å². The van der Waals surface area contributed by atoms with Gasteiger partial charge in [0, 0.05) is 12.7 Å². The Morgan fingerprint density at radius 1 is 1.25 bits per heavy atom. The summed E-state index contributed by atoms with van der Waals surface area (Å²) in [5.74, 6) is 0.616. The molecule has 0 saturated carbocycles. The minimum Gasteiger partial charge on any atom is -0.350 e. The fourth-order valence-electron chi connectivity index (χ4n) is 3.90. The highest BCUT2D eigenvalue weighted by atomic mass is 32.1. The van der Waals surface area contributed by atoms with Crippen LogP contribution in [0.25, 0.3) is 10.1 Å². The molecule has 1 amide bonds. The van der Waals surface area contributed by atoms with Gasteiger partial charge in [-0.3, -0.25) is 14.5 Å². The maximum absolute atomic E-state index is 12.9. The molecule has 1 saturated heterocycles. The Balaban J connectivity index is 1.54. The van der Waals surface area contributed by atoms with Crippen molar-refractivity contribution in [3.8, 4) is 0 Å². The Morgan fingerprint density at radius 2 is 2.00 bits per heavy atom. The van der Waals surface area contributed by atoms with Crippen LogP contribution in [0.15, 0.2) is 52.8 Å². The molecule has 3 heterocycles. The highest BCUT2D eigenvalue weighted by Crippen LogP contribution is 2.27. The van der Waals surface area contributed by atoms with E-state index in [0.717, 1.165) is 23.7 Å². The van der Waals surface area contributed by atoms with Gasteiger partial charge in [-0.1, -0.05) is 37.3 Å². The molecule has 1 aliphatic heterocycles. The number of fused-ring (bicyclic) bond motifs is 1. The standard InChI is InChI=1S/C22H25N3O2S/c1-15-7-10-25(11-8-15)19(16-5-3-2-4-6-16)14-24-22(27)18-13-23-21(26)17-9-12-28-20(17)18/h2-6,9,12-13,15,19H,7-8,10-11,14H2,1H3,(H,23,26)(H,24,27). The van der Waals surface area contributed by atoms with E-state index in [0.29, 0.717) is 17.5 Å². The van der Waals surface area contributed by atoms with Gasteiger partial charge in [0.1, 0.15) is 0 Å². The topological polar surface area (TPSA) is 65.2 Å². The normalized spacial score (nSPS) is 16.9. The second-order valence-corrected chi connectivity index (χ2v) is 8.47. The molecule has 1 aliphatic rings. The fourth-order valence-corrected chi connectivity index (χ4v) is 4.81. The number of aromatic amines is 1. The predicted octanol–water partition coefficient (Wildman–Crippen LogP) is 3.79. The molecule has 2 N–H and O–H groups in total. The second-order valence-electron chi connectivity index (χ2n) is 7.55. The van der Waals surface area contributed by atoms with Crippen LogP contribution >= 0.6 is 11.3 Å². The molecule has 0 aliphatic carbocycles. The Bertz CT molecular complexity index is 1000. The summed E-state index contributed by atoms with van der Waals surface area (Å²) in [4.78, 5) is 30.0. The minimum absolute atomic E-state index is 0.144. The summed E-state index contributed by atoms with van der Waals surface area (Å²) in [6, 6.07) is 12.3. The number of carbonyl (C=O) groups excluding carboxylic acids is 1. The highest BCUT2D eigenvalue weighted by molar-refractivity contribution is 7.17. The number of carbonyl (C=O) groups is 1. The second kappa shape index (κ2) is 8.29. The molecule has 0 bridgehead atoms. The lowest BCUT2D eigenvalue weighted by Crippen LogP contribution is -2.42. The number of hydrogen-bond acceptors (Lipinski definition) is 4. The first-order valence-corrected chi connectivity index (χ1v) is 10.7. The maximum Gasteiger partial charge on any atom is 0.256 e. The average Bonchev–Trinajstić information content (AvgIpc) is 3.21. The Labute approximate surface area is 168 Å². The van der Waals surface area contributed by atoms with E-state index < -0.39 is 0 Å². The molecule has 1 unspecified atom stereocenters. The van der Waals surface area contributed by atoms with Crippen molar-refractivity contribution < 1.29 is 4.79 Å². The molecule has 0 spiro atoms. The van der Waals surface area contributed by atoms with E-state index in [2.05, 4.69) is 34.3 Å². The summed E-state index contributed by atoms with van der Waals surface area (Å²) in [6.45, 7) is 4.94. The van der Waals surface area contributed by atoms with Gasteiger partial charge in [0.15, 0.2) is 0 Å². The molecule has 146 valence electrons. The van der Waals surface area contributed by atoms with Crippen molar-refractivity contribution in [2.24, 2.45) is 5.92 Å². The molecule has 1 fully saturated rings. The van der Waals surface area contributed by atoms with Crippen molar-refractivity contribution in [2.75, 3.05) is 19.6 Å². The molecular weight excluding hydrogens is 370 g/mol. The van der Waals surface area contributed by atoms with E-state index >= 15 is 0 Å². The monoisotopic (exact) mass is 395 g/mol. The van der Waals surface area contributed by atoms with Gasteiger partial charge in [-0.05, 0) is 48.9 Å². The lowest BCUT2D eigenvalue weighted by Gasteiger charge is -2.37. The predicted molar refractivity (Wildman–Crippen MR) is 114 cm³/mol. The number of pyridine rings is 1. The van der Waals surface area contributed by atoms with Crippen LogP contribution in [-0.4, -0.2) is 35.4 Å². The van der Waals surface area contributed by atoms with Crippen LogP contribution in [0.3, 0.4) is 0 Å². The van der Waals surface area contributed by atoms with Crippen LogP contribution in [0.1, 0.15) is 41.7 Å². The van der Waals surface area contributed by atoms with Crippen molar-refractivity contribution in [2.45, 2.75) is 25.8 Å². The van der Waals surface area contributed by atoms with Crippen LogP contribution in [0.5, 0.6) is 0 Å². The van der Waals surface area contributed by atoms with Crippen molar-refractivity contribution in [1.29, 1.82) is 0 Å². The molecular formula is C22H25N3O2S. The molecule has 1 atom stereocenters. The van der Waals surface area contributed by atoms with Crippen LogP contribution in [0.2, 0.25) is 0 Å². The van der Waals surface area contributed by atoms with E-state index in [1.807, 2.05) is 23.6 Å². The summed E-state index contributed by atoms with van der Waals surface area (Å²) in [5.41, 5.74) is 1.60. The zero-order valence-electron chi connectivity index (χ0n) is 16.0. The molecule has 0 radical (unpaired) electrons. The van der Waals surface area contributed by atoms with Gasteiger partial charge < -0.3 is 10.3 Å². The number of thiophene rings is 1. The molecule has 6 heteroatoms. The first-order valence-electron chi connectivity index (χ1n) is 9.79. The summed E-state index contributed by atoms with van der Waals surface area (Å²) < 4.78 is 0.740. The Hall–Kier alpha value is -2.44. The minimum atomic E-state index is -0.155. The average molecular weight is 396 g/mol. The molecule has 28 heavy (non-hydrogen) atoms. The molecule has 3 aromatic rings. The molecule has 5 nitrogen and oxygen atoms in total. The van der Waals surface area contributed by atoms with Crippen LogP contribution < -0.4 is 10.9 Å². The largest absolute Gasteiger partial charge is 0.350 e. The van der Waals surface area contributed by atoms with Crippen molar-refractivity contribution in [1.82, 2.24) is 15.2 Å². The molecule has 2 aromatic heterocycles. The van der Waals surface area contributed by atoms with Gasteiger partial charge in [-0.15, -0.1) is 11.3 Å². The van der Waals surface area contributed by atoms with E-state index in [1.54, 1.807) is 6.07 Å². The number of benzene rings is 1. The maximum atomic E-state index is 12.9.